The quantitative estimate of drug-likeness (QED) is 0.906. The Morgan fingerprint density at radius 3 is 2.90 bits per heavy atom. The molecule has 1 amide bonds. The van der Waals surface area contributed by atoms with Crippen molar-refractivity contribution in [1.82, 2.24) is 15.1 Å². The zero-order valence-corrected chi connectivity index (χ0v) is 12.9. The Morgan fingerprint density at radius 2 is 2.25 bits per heavy atom. The summed E-state index contributed by atoms with van der Waals surface area (Å²) in [5, 5.41) is 12.3. The maximum Gasteiger partial charge on any atom is 0.284 e. The van der Waals surface area contributed by atoms with Crippen LogP contribution in [-0.4, -0.2) is 41.1 Å². The summed E-state index contributed by atoms with van der Waals surface area (Å²) in [5.41, 5.74) is 0. The van der Waals surface area contributed by atoms with Gasteiger partial charge in [0, 0.05) is 20.1 Å². The molecular formula is C14H22N4OS. The molecule has 0 aliphatic heterocycles. The lowest BCUT2D eigenvalue weighted by Gasteiger charge is -2.26. The summed E-state index contributed by atoms with van der Waals surface area (Å²) in [6, 6.07) is 0. The second-order valence-corrected chi connectivity index (χ2v) is 7.04. The van der Waals surface area contributed by atoms with E-state index in [9.17, 15) is 4.79 Å². The molecule has 1 aromatic heterocycles. The van der Waals surface area contributed by atoms with E-state index >= 15 is 0 Å². The first-order chi connectivity index (χ1) is 9.67. The van der Waals surface area contributed by atoms with Crippen LogP contribution in [0.4, 0.5) is 5.13 Å². The molecule has 2 saturated carbocycles. The average Bonchev–Trinajstić information content (AvgIpc) is 3.14. The SMILES string of the molecule is CCNc1nnc(C(=O)N(C)CC2CC3CCC2C3)s1. The van der Waals surface area contributed by atoms with E-state index in [0.717, 1.165) is 30.1 Å². The van der Waals surface area contributed by atoms with Gasteiger partial charge in [0.1, 0.15) is 0 Å². The molecule has 20 heavy (non-hydrogen) atoms. The van der Waals surface area contributed by atoms with Crippen molar-refractivity contribution in [2.75, 3.05) is 25.5 Å². The number of anilines is 1. The number of carbonyl (C=O) groups excluding carboxylic acids is 1. The van der Waals surface area contributed by atoms with Crippen LogP contribution in [0.2, 0.25) is 0 Å². The molecule has 0 aromatic carbocycles. The molecule has 3 atom stereocenters. The molecule has 2 fully saturated rings. The molecular weight excluding hydrogens is 272 g/mol. The molecule has 2 aliphatic carbocycles. The molecule has 3 rings (SSSR count). The number of amides is 1. The highest BCUT2D eigenvalue weighted by Crippen LogP contribution is 2.48. The first-order valence-electron chi connectivity index (χ1n) is 7.50. The van der Waals surface area contributed by atoms with Crippen LogP contribution in [0.15, 0.2) is 0 Å². The number of nitrogens with zero attached hydrogens (tertiary/aromatic N) is 3. The Hall–Kier alpha value is -1.17. The third-order valence-corrected chi connectivity index (χ3v) is 5.54. The molecule has 6 heteroatoms. The van der Waals surface area contributed by atoms with Gasteiger partial charge in [-0.05, 0) is 43.9 Å². The zero-order chi connectivity index (χ0) is 14.1. The van der Waals surface area contributed by atoms with Crippen LogP contribution in [0.25, 0.3) is 0 Å². The largest absolute Gasteiger partial charge is 0.360 e. The minimum Gasteiger partial charge on any atom is -0.360 e. The molecule has 2 bridgehead atoms. The molecule has 3 unspecified atom stereocenters. The third kappa shape index (κ3) is 2.66. The minimum atomic E-state index is 0.00873. The summed E-state index contributed by atoms with van der Waals surface area (Å²) in [7, 11) is 1.89. The highest BCUT2D eigenvalue weighted by atomic mass is 32.1. The van der Waals surface area contributed by atoms with E-state index in [2.05, 4.69) is 15.5 Å². The standard InChI is InChI=1S/C14H22N4OS/c1-3-15-14-17-16-12(20-14)13(19)18(2)8-11-7-9-4-5-10(11)6-9/h9-11H,3-8H2,1-2H3,(H,15,17). The molecule has 1 aromatic rings. The fourth-order valence-electron chi connectivity index (χ4n) is 3.73. The second-order valence-electron chi connectivity index (χ2n) is 6.06. The fraction of sp³-hybridized carbons (Fsp3) is 0.786. The summed E-state index contributed by atoms with van der Waals surface area (Å²) in [6.45, 7) is 3.67. The highest BCUT2D eigenvalue weighted by molar-refractivity contribution is 7.17. The number of fused-ring (bicyclic) bond motifs is 2. The first kappa shape index (κ1) is 13.8. The number of aromatic nitrogens is 2. The second kappa shape index (κ2) is 5.68. The van der Waals surface area contributed by atoms with Crippen molar-refractivity contribution in [2.24, 2.45) is 17.8 Å². The van der Waals surface area contributed by atoms with Gasteiger partial charge in [0.05, 0.1) is 0 Å². The van der Waals surface area contributed by atoms with E-state index in [1.54, 1.807) is 0 Å². The normalized spacial score (nSPS) is 27.8. The van der Waals surface area contributed by atoms with Gasteiger partial charge in [0.25, 0.3) is 5.91 Å². The monoisotopic (exact) mass is 294 g/mol. The summed E-state index contributed by atoms with van der Waals surface area (Å²) in [6.07, 6.45) is 5.46. The van der Waals surface area contributed by atoms with Gasteiger partial charge in [-0.2, -0.15) is 0 Å². The molecule has 0 saturated heterocycles. The Labute approximate surface area is 123 Å². The van der Waals surface area contributed by atoms with Crippen molar-refractivity contribution >= 4 is 22.4 Å². The maximum atomic E-state index is 12.4. The van der Waals surface area contributed by atoms with Crippen molar-refractivity contribution in [3.63, 3.8) is 0 Å². The zero-order valence-electron chi connectivity index (χ0n) is 12.1. The topological polar surface area (TPSA) is 58.1 Å². The molecule has 0 spiro atoms. The van der Waals surface area contributed by atoms with Crippen LogP contribution in [0, 0.1) is 17.8 Å². The van der Waals surface area contributed by atoms with Gasteiger partial charge < -0.3 is 10.2 Å². The number of rotatable bonds is 5. The Balaban J connectivity index is 1.58. The van der Waals surface area contributed by atoms with Crippen LogP contribution >= 0.6 is 11.3 Å². The van der Waals surface area contributed by atoms with Crippen LogP contribution in [-0.2, 0) is 0 Å². The van der Waals surface area contributed by atoms with Gasteiger partial charge in [-0.25, -0.2) is 0 Å². The summed E-state index contributed by atoms with van der Waals surface area (Å²) in [4.78, 5) is 14.2. The lowest BCUT2D eigenvalue weighted by Crippen LogP contribution is -2.33. The smallest absolute Gasteiger partial charge is 0.284 e. The van der Waals surface area contributed by atoms with E-state index < -0.39 is 0 Å². The molecule has 1 N–H and O–H groups in total. The lowest BCUT2D eigenvalue weighted by molar-refractivity contribution is 0.0753. The molecule has 2 aliphatic rings. The highest BCUT2D eigenvalue weighted by Gasteiger charge is 2.40. The van der Waals surface area contributed by atoms with Gasteiger partial charge in [-0.1, -0.05) is 17.8 Å². The first-order valence-corrected chi connectivity index (χ1v) is 8.31. The maximum absolute atomic E-state index is 12.4. The predicted molar refractivity (Wildman–Crippen MR) is 80.0 cm³/mol. The van der Waals surface area contributed by atoms with Crippen LogP contribution in [0.1, 0.15) is 42.4 Å². The van der Waals surface area contributed by atoms with E-state index in [-0.39, 0.29) is 5.91 Å². The molecule has 5 nitrogen and oxygen atoms in total. The van der Waals surface area contributed by atoms with E-state index in [0.29, 0.717) is 10.9 Å². The van der Waals surface area contributed by atoms with Crippen molar-refractivity contribution in [3.05, 3.63) is 5.01 Å². The van der Waals surface area contributed by atoms with Crippen molar-refractivity contribution in [2.45, 2.75) is 32.6 Å². The molecule has 110 valence electrons. The van der Waals surface area contributed by atoms with Gasteiger partial charge >= 0.3 is 0 Å². The van der Waals surface area contributed by atoms with Gasteiger partial charge in [0.15, 0.2) is 0 Å². The minimum absolute atomic E-state index is 0.00873. The van der Waals surface area contributed by atoms with Gasteiger partial charge in [0.2, 0.25) is 10.1 Å². The van der Waals surface area contributed by atoms with E-state index in [1.807, 2.05) is 18.9 Å². The van der Waals surface area contributed by atoms with Crippen LogP contribution < -0.4 is 5.32 Å². The fourth-order valence-corrected chi connectivity index (χ4v) is 4.54. The van der Waals surface area contributed by atoms with Crippen LogP contribution in [0.3, 0.4) is 0 Å². The van der Waals surface area contributed by atoms with Gasteiger partial charge in [-0.3, -0.25) is 4.79 Å². The van der Waals surface area contributed by atoms with Crippen molar-refractivity contribution in [3.8, 4) is 0 Å². The Kier molecular flexibility index (Phi) is 3.92. The van der Waals surface area contributed by atoms with Crippen molar-refractivity contribution < 1.29 is 4.79 Å². The van der Waals surface area contributed by atoms with Crippen LogP contribution in [0.5, 0.6) is 0 Å². The average molecular weight is 294 g/mol. The molecule has 0 radical (unpaired) electrons. The number of hydrogen-bond donors (Lipinski definition) is 1. The van der Waals surface area contributed by atoms with Crippen molar-refractivity contribution in [1.29, 1.82) is 0 Å². The Morgan fingerprint density at radius 1 is 1.40 bits per heavy atom. The van der Waals surface area contributed by atoms with Gasteiger partial charge in [-0.15, -0.1) is 10.2 Å². The summed E-state index contributed by atoms with van der Waals surface area (Å²) < 4.78 is 0. The number of nitrogens with one attached hydrogen (secondary N) is 1. The predicted octanol–water partition coefficient (Wildman–Crippen LogP) is 2.48. The lowest BCUT2D eigenvalue weighted by atomic mass is 9.88. The van der Waals surface area contributed by atoms with E-state index in [4.69, 9.17) is 0 Å². The van der Waals surface area contributed by atoms with E-state index in [1.165, 1.54) is 37.0 Å². The Bertz CT molecular complexity index is 489. The summed E-state index contributed by atoms with van der Waals surface area (Å²) in [5.74, 6) is 2.48. The number of hydrogen-bond acceptors (Lipinski definition) is 5. The molecule has 1 heterocycles. The third-order valence-electron chi connectivity index (χ3n) is 4.68. The summed E-state index contributed by atoms with van der Waals surface area (Å²) >= 11 is 1.34. The number of carbonyl (C=O) groups is 1.